The molecule has 1 atom stereocenters. The predicted octanol–water partition coefficient (Wildman–Crippen LogP) is 1.34. The summed E-state index contributed by atoms with van der Waals surface area (Å²) in [6.45, 7) is 1.97. The Hall–Kier alpha value is -1.75. The van der Waals surface area contributed by atoms with Crippen LogP contribution in [0.25, 0.3) is 0 Å². The average Bonchev–Trinajstić information content (AvgIpc) is 2.75. The molecule has 2 aromatic heterocycles. The molecule has 0 saturated heterocycles. The standard InChI is InChI=1S/C12H16N4O/c1-9(13)2-3-12-15-11(16-17-12)8-10-4-6-14-7-5-10/h4-7,9H,2-3,8,13H2,1H3. The topological polar surface area (TPSA) is 77.8 Å². The maximum Gasteiger partial charge on any atom is 0.226 e. The Kier molecular flexibility index (Phi) is 3.82. The first kappa shape index (κ1) is 11.7. The van der Waals surface area contributed by atoms with E-state index in [0.29, 0.717) is 18.1 Å². The first-order chi connectivity index (χ1) is 8.24. The van der Waals surface area contributed by atoms with E-state index < -0.39 is 0 Å². The van der Waals surface area contributed by atoms with Crippen molar-refractivity contribution >= 4 is 0 Å². The number of rotatable bonds is 5. The summed E-state index contributed by atoms with van der Waals surface area (Å²) in [6, 6.07) is 4.04. The predicted molar refractivity (Wildman–Crippen MR) is 63.3 cm³/mol. The van der Waals surface area contributed by atoms with Crippen LogP contribution in [0.3, 0.4) is 0 Å². The number of nitrogens with zero attached hydrogens (tertiary/aromatic N) is 3. The van der Waals surface area contributed by atoms with E-state index in [0.717, 1.165) is 18.4 Å². The van der Waals surface area contributed by atoms with Gasteiger partial charge in [-0.2, -0.15) is 4.98 Å². The van der Waals surface area contributed by atoms with Gasteiger partial charge in [-0.3, -0.25) is 4.98 Å². The van der Waals surface area contributed by atoms with E-state index in [1.165, 1.54) is 0 Å². The van der Waals surface area contributed by atoms with Gasteiger partial charge in [-0.15, -0.1) is 0 Å². The Morgan fingerprint density at radius 3 is 2.82 bits per heavy atom. The molecule has 90 valence electrons. The lowest BCUT2D eigenvalue weighted by Crippen LogP contribution is -2.15. The fraction of sp³-hybridized carbons (Fsp3) is 0.417. The van der Waals surface area contributed by atoms with E-state index in [1.807, 2.05) is 19.1 Å². The number of hydrogen-bond donors (Lipinski definition) is 1. The molecule has 0 aliphatic carbocycles. The van der Waals surface area contributed by atoms with Gasteiger partial charge in [0, 0.05) is 31.3 Å². The molecule has 2 aromatic rings. The molecule has 5 nitrogen and oxygen atoms in total. The molecule has 0 fully saturated rings. The number of aromatic nitrogens is 3. The lowest BCUT2D eigenvalue weighted by atomic mass is 10.2. The third-order valence-corrected chi connectivity index (χ3v) is 2.44. The Morgan fingerprint density at radius 1 is 1.35 bits per heavy atom. The summed E-state index contributed by atoms with van der Waals surface area (Å²) < 4.78 is 5.15. The van der Waals surface area contributed by atoms with Crippen LogP contribution in [0.1, 0.15) is 30.6 Å². The zero-order valence-electron chi connectivity index (χ0n) is 9.84. The fourth-order valence-corrected chi connectivity index (χ4v) is 1.50. The molecular weight excluding hydrogens is 216 g/mol. The molecule has 2 N–H and O–H groups in total. The van der Waals surface area contributed by atoms with Crippen LogP contribution in [0.2, 0.25) is 0 Å². The molecule has 1 unspecified atom stereocenters. The number of hydrogen-bond acceptors (Lipinski definition) is 5. The Bertz CT molecular complexity index is 453. The lowest BCUT2D eigenvalue weighted by molar-refractivity contribution is 0.368. The second kappa shape index (κ2) is 5.54. The zero-order chi connectivity index (χ0) is 12.1. The van der Waals surface area contributed by atoms with Gasteiger partial charge in [0.1, 0.15) is 0 Å². The summed E-state index contributed by atoms with van der Waals surface area (Å²) >= 11 is 0. The molecule has 0 saturated carbocycles. The highest BCUT2D eigenvalue weighted by molar-refractivity contribution is 5.14. The number of pyridine rings is 1. The molecule has 0 radical (unpaired) electrons. The van der Waals surface area contributed by atoms with Crippen molar-refractivity contribution in [2.75, 3.05) is 0 Å². The van der Waals surface area contributed by atoms with Crippen molar-refractivity contribution in [1.29, 1.82) is 0 Å². The third-order valence-electron chi connectivity index (χ3n) is 2.44. The lowest BCUT2D eigenvalue weighted by Gasteiger charge is -1.99. The summed E-state index contributed by atoms with van der Waals surface area (Å²) in [5, 5.41) is 3.94. The smallest absolute Gasteiger partial charge is 0.226 e. The van der Waals surface area contributed by atoms with Gasteiger partial charge in [0.05, 0.1) is 0 Å². The van der Waals surface area contributed by atoms with Crippen molar-refractivity contribution in [2.24, 2.45) is 5.73 Å². The van der Waals surface area contributed by atoms with Gasteiger partial charge in [-0.25, -0.2) is 0 Å². The van der Waals surface area contributed by atoms with E-state index >= 15 is 0 Å². The van der Waals surface area contributed by atoms with E-state index in [1.54, 1.807) is 12.4 Å². The minimum Gasteiger partial charge on any atom is -0.339 e. The summed E-state index contributed by atoms with van der Waals surface area (Å²) in [6.07, 6.45) is 5.78. The minimum absolute atomic E-state index is 0.158. The highest BCUT2D eigenvalue weighted by Crippen LogP contribution is 2.07. The maximum absolute atomic E-state index is 5.67. The summed E-state index contributed by atoms with van der Waals surface area (Å²) in [4.78, 5) is 8.29. The monoisotopic (exact) mass is 232 g/mol. The van der Waals surface area contributed by atoms with E-state index in [-0.39, 0.29) is 6.04 Å². The highest BCUT2D eigenvalue weighted by atomic mass is 16.5. The van der Waals surface area contributed by atoms with Gasteiger partial charge in [0.25, 0.3) is 0 Å². The van der Waals surface area contributed by atoms with E-state index in [4.69, 9.17) is 10.3 Å². The first-order valence-electron chi connectivity index (χ1n) is 5.70. The van der Waals surface area contributed by atoms with Crippen LogP contribution in [0.4, 0.5) is 0 Å². The van der Waals surface area contributed by atoms with Gasteiger partial charge in [0.2, 0.25) is 5.89 Å². The number of aryl methyl sites for hydroxylation is 1. The largest absolute Gasteiger partial charge is 0.339 e. The molecular formula is C12H16N4O. The first-order valence-corrected chi connectivity index (χ1v) is 5.70. The second-order valence-electron chi connectivity index (χ2n) is 4.15. The number of nitrogens with two attached hydrogens (primary N) is 1. The van der Waals surface area contributed by atoms with Crippen molar-refractivity contribution in [3.63, 3.8) is 0 Å². The van der Waals surface area contributed by atoms with Crippen molar-refractivity contribution < 1.29 is 4.52 Å². The van der Waals surface area contributed by atoms with Crippen molar-refractivity contribution in [1.82, 2.24) is 15.1 Å². The van der Waals surface area contributed by atoms with Gasteiger partial charge in [0.15, 0.2) is 5.82 Å². The quantitative estimate of drug-likeness (QED) is 0.841. The molecule has 2 rings (SSSR count). The molecule has 17 heavy (non-hydrogen) atoms. The van der Waals surface area contributed by atoms with E-state index in [2.05, 4.69) is 15.1 Å². The zero-order valence-corrected chi connectivity index (χ0v) is 9.84. The van der Waals surface area contributed by atoms with Crippen molar-refractivity contribution in [3.8, 4) is 0 Å². The third kappa shape index (κ3) is 3.64. The van der Waals surface area contributed by atoms with Gasteiger partial charge in [-0.05, 0) is 31.0 Å². The van der Waals surface area contributed by atoms with Crippen LogP contribution in [-0.2, 0) is 12.8 Å². The Labute approximate surface area is 100 Å². The normalized spacial score (nSPS) is 12.6. The van der Waals surface area contributed by atoms with Crippen LogP contribution >= 0.6 is 0 Å². The summed E-state index contributed by atoms with van der Waals surface area (Å²) in [7, 11) is 0. The molecule has 0 amide bonds. The molecule has 5 heteroatoms. The molecule has 0 bridgehead atoms. The SMILES string of the molecule is CC(N)CCc1nc(Cc2ccncc2)no1. The Morgan fingerprint density at radius 2 is 2.12 bits per heavy atom. The van der Waals surface area contributed by atoms with Crippen LogP contribution in [0, 0.1) is 0 Å². The van der Waals surface area contributed by atoms with Gasteiger partial charge >= 0.3 is 0 Å². The molecule has 0 spiro atoms. The molecule has 0 aliphatic heterocycles. The van der Waals surface area contributed by atoms with Crippen molar-refractivity contribution in [3.05, 3.63) is 41.8 Å². The fourth-order valence-electron chi connectivity index (χ4n) is 1.50. The van der Waals surface area contributed by atoms with Crippen LogP contribution in [0.15, 0.2) is 29.0 Å². The van der Waals surface area contributed by atoms with Crippen molar-refractivity contribution in [2.45, 2.75) is 32.2 Å². The molecule has 0 aliphatic rings. The van der Waals surface area contributed by atoms with Gasteiger partial charge < -0.3 is 10.3 Å². The second-order valence-corrected chi connectivity index (χ2v) is 4.15. The minimum atomic E-state index is 0.158. The van der Waals surface area contributed by atoms with Crippen LogP contribution in [-0.4, -0.2) is 21.2 Å². The summed E-state index contributed by atoms with van der Waals surface area (Å²) in [5.74, 6) is 1.36. The van der Waals surface area contributed by atoms with E-state index in [9.17, 15) is 0 Å². The van der Waals surface area contributed by atoms with Crippen LogP contribution in [0.5, 0.6) is 0 Å². The molecule has 0 aromatic carbocycles. The average molecular weight is 232 g/mol. The van der Waals surface area contributed by atoms with Gasteiger partial charge in [-0.1, -0.05) is 5.16 Å². The highest BCUT2D eigenvalue weighted by Gasteiger charge is 2.07. The maximum atomic E-state index is 5.67. The Balaban J connectivity index is 1.94. The van der Waals surface area contributed by atoms with Crippen LogP contribution < -0.4 is 5.73 Å². The summed E-state index contributed by atoms with van der Waals surface area (Å²) in [5.41, 5.74) is 6.80. The molecule has 2 heterocycles.